The van der Waals surface area contributed by atoms with Crippen molar-refractivity contribution >= 4 is 0 Å². The Morgan fingerprint density at radius 2 is 1.49 bits per heavy atom. The molecule has 0 aromatic carbocycles. The summed E-state index contributed by atoms with van der Waals surface area (Å²) in [6.07, 6.45) is 48.7. The summed E-state index contributed by atoms with van der Waals surface area (Å²) in [5.41, 5.74) is 2.70. The molecule has 0 aromatic rings. The normalized spacial score (nSPS) is 31.5. The number of hydrogen-bond acceptors (Lipinski definition) is 4. The maximum Gasteiger partial charge on any atom is 0.0936 e. The molecule has 352 valence electrons. The van der Waals surface area contributed by atoms with Gasteiger partial charge in [-0.3, -0.25) is 4.90 Å². The van der Waals surface area contributed by atoms with Crippen LogP contribution in [0, 0.1) is 46.3 Å². The highest BCUT2D eigenvalue weighted by molar-refractivity contribution is 5.25. The first kappa shape index (κ1) is 51.1. The van der Waals surface area contributed by atoms with Crippen LogP contribution in [0.25, 0.3) is 0 Å². The highest BCUT2D eigenvalue weighted by atomic mass is 16.6. The van der Waals surface area contributed by atoms with Crippen LogP contribution >= 0.6 is 0 Å². The van der Waals surface area contributed by atoms with Gasteiger partial charge in [-0.1, -0.05) is 148 Å². The van der Waals surface area contributed by atoms with Crippen molar-refractivity contribution in [1.29, 1.82) is 0 Å². The molecular formula is C57H101NO3. The van der Waals surface area contributed by atoms with Crippen molar-refractivity contribution in [3.63, 3.8) is 0 Å². The van der Waals surface area contributed by atoms with E-state index in [2.05, 4.69) is 83.7 Å². The molecule has 4 fully saturated rings. The lowest BCUT2D eigenvalue weighted by Gasteiger charge is -2.58. The molecule has 10 atom stereocenters. The van der Waals surface area contributed by atoms with E-state index in [4.69, 9.17) is 14.2 Å². The van der Waals surface area contributed by atoms with Gasteiger partial charge in [-0.15, -0.1) is 0 Å². The minimum Gasteiger partial charge on any atom is -0.379 e. The molecule has 1 saturated heterocycles. The van der Waals surface area contributed by atoms with Gasteiger partial charge in [0, 0.05) is 19.2 Å². The fraction of sp³-hybridized carbons (Fsp3) is 0.895. The monoisotopic (exact) mass is 848 g/mol. The first-order valence-electron chi connectivity index (χ1n) is 27.2. The van der Waals surface area contributed by atoms with Crippen LogP contribution < -0.4 is 0 Å². The Kier molecular flexibility index (Phi) is 23.0. The van der Waals surface area contributed by atoms with E-state index in [0.29, 0.717) is 42.8 Å². The second kappa shape index (κ2) is 27.5. The van der Waals surface area contributed by atoms with Crippen LogP contribution in [0.1, 0.15) is 222 Å². The van der Waals surface area contributed by atoms with Crippen molar-refractivity contribution in [2.45, 2.75) is 240 Å². The molecule has 1 heterocycles. The van der Waals surface area contributed by atoms with Gasteiger partial charge in [0.1, 0.15) is 0 Å². The zero-order valence-corrected chi connectivity index (χ0v) is 41.6. The van der Waals surface area contributed by atoms with E-state index in [0.717, 1.165) is 61.5 Å². The molecule has 0 spiro atoms. The summed E-state index contributed by atoms with van der Waals surface area (Å²) < 4.78 is 19.5. The molecule has 0 bridgehead atoms. The van der Waals surface area contributed by atoms with Gasteiger partial charge in [0.2, 0.25) is 0 Å². The average Bonchev–Trinajstić information content (AvgIpc) is 3.82. The van der Waals surface area contributed by atoms with Crippen LogP contribution in [-0.4, -0.2) is 62.7 Å². The van der Waals surface area contributed by atoms with Crippen LogP contribution in [0.2, 0.25) is 0 Å². The first-order chi connectivity index (χ1) is 29.7. The van der Waals surface area contributed by atoms with Crippen LogP contribution in [0.15, 0.2) is 36.0 Å². The molecule has 3 saturated carbocycles. The average molecular weight is 848 g/mol. The van der Waals surface area contributed by atoms with Gasteiger partial charge in [0.25, 0.3) is 0 Å². The molecule has 0 N–H and O–H groups in total. The van der Waals surface area contributed by atoms with Crippen molar-refractivity contribution in [2.24, 2.45) is 46.3 Å². The van der Waals surface area contributed by atoms with Gasteiger partial charge in [0.05, 0.1) is 32.0 Å². The van der Waals surface area contributed by atoms with E-state index < -0.39 is 0 Å². The van der Waals surface area contributed by atoms with Crippen molar-refractivity contribution in [2.75, 3.05) is 39.5 Å². The maximum absolute atomic E-state index is 6.65. The van der Waals surface area contributed by atoms with Crippen molar-refractivity contribution in [1.82, 2.24) is 4.90 Å². The summed E-state index contributed by atoms with van der Waals surface area (Å²) in [4.78, 5) is 2.62. The highest BCUT2D eigenvalue weighted by Crippen LogP contribution is 2.67. The Bertz CT molecular complexity index is 1270. The lowest BCUT2D eigenvalue weighted by Crippen LogP contribution is -2.51. The number of nitrogens with zero attached hydrogens (tertiary/aromatic N) is 1. The summed E-state index contributed by atoms with van der Waals surface area (Å²) in [5.74, 6) is 5.39. The molecule has 2 unspecified atom stereocenters. The van der Waals surface area contributed by atoms with E-state index in [1.807, 2.05) is 0 Å². The predicted octanol–water partition coefficient (Wildman–Crippen LogP) is 15.9. The molecular weight excluding hydrogens is 747 g/mol. The predicted molar refractivity (Wildman–Crippen MR) is 262 cm³/mol. The Hall–Kier alpha value is -0.940. The van der Waals surface area contributed by atoms with Crippen molar-refractivity contribution in [3.05, 3.63) is 36.0 Å². The van der Waals surface area contributed by atoms with Crippen LogP contribution in [0.4, 0.5) is 0 Å². The molecule has 5 aliphatic rings. The van der Waals surface area contributed by atoms with Crippen LogP contribution in [0.5, 0.6) is 0 Å². The largest absolute Gasteiger partial charge is 0.379 e. The van der Waals surface area contributed by atoms with Gasteiger partial charge in [-0.25, -0.2) is 0 Å². The second-order valence-electron chi connectivity index (χ2n) is 22.4. The smallest absolute Gasteiger partial charge is 0.0936 e. The quantitative estimate of drug-likeness (QED) is 0.0514. The lowest BCUT2D eigenvalue weighted by molar-refractivity contribution is -0.0801. The topological polar surface area (TPSA) is 30.9 Å². The minimum absolute atomic E-state index is 0.133. The molecule has 5 rings (SSSR count). The van der Waals surface area contributed by atoms with E-state index in [9.17, 15) is 0 Å². The summed E-state index contributed by atoms with van der Waals surface area (Å²) in [7, 11) is 0. The number of allylic oxidation sites excluding steroid dienone is 5. The number of unbranched alkanes of at least 4 members (excludes halogenated alkanes) is 11. The van der Waals surface area contributed by atoms with E-state index in [1.54, 1.807) is 5.57 Å². The van der Waals surface area contributed by atoms with Crippen LogP contribution in [0.3, 0.4) is 0 Å². The SMILES string of the molecule is CCCCCC=CCC=CCCCCCCCCCCOCC(CN1CCCC1C)OCCO[C@H]1CC[C@@]2(C)C(=CC[C@H]3[C@@H]4CC[C@H]([C@H](C)CCCC(C)C)[C@@]4(C)CC[C@@H]32)C1. The molecule has 0 aromatic heterocycles. The third-order valence-corrected chi connectivity index (χ3v) is 17.5. The summed E-state index contributed by atoms with van der Waals surface area (Å²) >= 11 is 0. The van der Waals surface area contributed by atoms with Crippen molar-refractivity contribution in [3.8, 4) is 0 Å². The lowest BCUT2D eigenvalue weighted by atomic mass is 9.47. The minimum atomic E-state index is 0.133. The Morgan fingerprint density at radius 1 is 0.754 bits per heavy atom. The van der Waals surface area contributed by atoms with Gasteiger partial charge in [0.15, 0.2) is 0 Å². The third-order valence-electron chi connectivity index (χ3n) is 17.5. The molecule has 0 amide bonds. The summed E-state index contributed by atoms with van der Waals surface area (Å²) in [5, 5.41) is 0. The number of ether oxygens (including phenoxy) is 3. The number of rotatable bonds is 31. The highest BCUT2D eigenvalue weighted by Gasteiger charge is 2.59. The van der Waals surface area contributed by atoms with Crippen LogP contribution in [-0.2, 0) is 14.2 Å². The zero-order valence-electron chi connectivity index (χ0n) is 41.6. The van der Waals surface area contributed by atoms with Crippen molar-refractivity contribution < 1.29 is 14.2 Å². The standard InChI is InChI=1S/C57H101NO3/c1-8-9-10-11-12-13-14-15-16-17-18-19-20-21-22-23-24-25-40-59-45-51(44-58-39-27-30-48(58)5)61-42-41-60-50-35-37-56(6)49(43-50)31-32-52-54-34-33-53(47(4)29-26-28-46(2)3)57(54,7)38-36-55(52)56/h12-13,15-16,31,46-48,50-55H,8-11,14,17-30,32-45H2,1-7H3/t47-,48?,50+,51?,52+,53-,54+,55+,56+,57-/m1/s1. The molecule has 1 aliphatic heterocycles. The van der Waals surface area contributed by atoms with Gasteiger partial charge in [-0.2, -0.15) is 0 Å². The fourth-order valence-electron chi connectivity index (χ4n) is 13.7. The Labute approximate surface area is 379 Å². The van der Waals surface area contributed by atoms with E-state index >= 15 is 0 Å². The molecule has 4 aliphatic carbocycles. The third kappa shape index (κ3) is 15.9. The second-order valence-corrected chi connectivity index (χ2v) is 22.4. The molecule has 0 radical (unpaired) electrons. The number of hydrogen-bond donors (Lipinski definition) is 0. The Balaban J connectivity index is 0.940. The van der Waals surface area contributed by atoms with Gasteiger partial charge in [-0.05, 0) is 163 Å². The zero-order chi connectivity index (χ0) is 43.3. The summed E-state index contributed by atoms with van der Waals surface area (Å²) in [6, 6.07) is 0.655. The van der Waals surface area contributed by atoms with Gasteiger partial charge >= 0.3 is 0 Å². The molecule has 61 heavy (non-hydrogen) atoms. The fourth-order valence-corrected chi connectivity index (χ4v) is 13.7. The molecule has 4 heteroatoms. The Morgan fingerprint density at radius 3 is 2.21 bits per heavy atom. The van der Waals surface area contributed by atoms with E-state index in [1.165, 1.54) is 167 Å². The van der Waals surface area contributed by atoms with E-state index in [-0.39, 0.29) is 6.10 Å². The first-order valence-corrected chi connectivity index (χ1v) is 27.2. The van der Waals surface area contributed by atoms with Gasteiger partial charge < -0.3 is 14.2 Å². The number of likely N-dealkylation sites (tertiary alicyclic amines) is 1. The summed E-state index contributed by atoms with van der Waals surface area (Å²) in [6.45, 7) is 22.6. The molecule has 4 nitrogen and oxygen atoms in total. The number of fused-ring (bicyclic) bond motifs is 5. The maximum atomic E-state index is 6.65.